The maximum atomic E-state index is 12.2. The van der Waals surface area contributed by atoms with Crippen molar-refractivity contribution in [1.29, 1.82) is 0 Å². The molecule has 3 aromatic rings. The SMILES string of the molecule is CC(C)(C)c1ccc(OCCNC(=O)Nc2cccnc2-n2cccn2)cc1. The highest BCUT2D eigenvalue weighted by molar-refractivity contribution is 5.90. The minimum Gasteiger partial charge on any atom is -0.492 e. The molecule has 0 aliphatic carbocycles. The Morgan fingerprint density at radius 3 is 2.57 bits per heavy atom. The van der Waals surface area contributed by atoms with E-state index < -0.39 is 0 Å². The molecular weight excluding hydrogens is 354 g/mol. The van der Waals surface area contributed by atoms with Crippen LogP contribution in [0.3, 0.4) is 0 Å². The first kappa shape index (κ1) is 19.4. The van der Waals surface area contributed by atoms with Crippen LogP contribution >= 0.6 is 0 Å². The van der Waals surface area contributed by atoms with Gasteiger partial charge in [0.05, 0.1) is 12.2 Å². The lowest BCUT2D eigenvalue weighted by molar-refractivity contribution is 0.247. The van der Waals surface area contributed by atoms with Gasteiger partial charge in [0.15, 0.2) is 5.82 Å². The molecule has 0 bridgehead atoms. The van der Waals surface area contributed by atoms with Gasteiger partial charge in [0, 0.05) is 18.6 Å². The van der Waals surface area contributed by atoms with Gasteiger partial charge in [-0.3, -0.25) is 0 Å². The van der Waals surface area contributed by atoms with Crippen molar-refractivity contribution in [3.8, 4) is 11.6 Å². The van der Waals surface area contributed by atoms with Gasteiger partial charge in [0.1, 0.15) is 12.4 Å². The minimum absolute atomic E-state index is 0.111. The monoisotopic (exact) mass is 379 g/mol. The third kappa shape index (κ3) is 5.09. The molecule has 28 heavy (non-hydrogen) atoms. The van der Waals surface area contributed by atoms with E-state index in [0.29, 0.717) is 24.7 Å². The van der Waals surface area contributed by atoms with Crippen molar-refractivity contribution in [2.75, 3.05) is 18.5 Å². The number of nitrogens with zero attached hydrogens (tertiary/aromatic N) is 3. The molecule has 7 heteroatoms. The molecule has 2 amide bonds. The summed E-state index contributed by atoms with van der Waals surface area (Å²) >= 11 is 0. The maximum absolute atomic E-state index is 12.2. The highest BCUT2D eigenvalue weighted by Gasteiger charge is 2.13. The summed E-state index contributed by atoms with van der Waals surface area (Å²) in [5.41, 5.74) is 1.93. The van der Waals surface area contributed by atoms with Crippen LogP contribution in [0.2, 0.25) is 0 Å². The number of nitrogens with one attached hydrogen (secondary N) is 2. The molecule has 0 aliphatic rings. The lowest BCUT2D eigenvalue weighted by Crippen LogP contribution is -2.32. The Morgan fingerprint density at radius 2 is 1.89 bits per heavy atom. The average molecular weight is 379 g/mol. The molecule has 2 heterocycles. The summed E-state index contributed by atoms with van der Waals surface area (Å²) in [5, 5.41) is 9.72. The fourth-order valence-corrected chi connectivity index (χ4v) is 2.62. The topological polar surface area (TPSA) is 81.1 Å². The summed E-state index contributed by atoms with van der Waals surface area (Å²) < 4.78 is 7.29. The number of hydrogen-bond donors (Lipinski definition) is 2. The molecule has 146 valence electrons. The van der Waals surface area contributed by atoms with Gasteiger partial charge in [-0.05, 0) is 41.3 Å². The van der Waals surface area contributed by atoms with Crippen LogP contribution in [0.25, 0.3) is 5.82 Å². The summed E-state index contributed by atoms with van der Waals surface area (Å²) in [6.07, 6.45) is 5.08. The maximum Gasteiger partial charge on any atom is 0.319 e. The number of aromatic nitrogens is 3. The Balaban J connectivity index is 1.47. The quantitative estimate of drug-likeness (QED) is 0.639. The number of carbonyl (C=O) groups excluding carboxylic acids is 1. The molecule has 0 radical (unpaired) electrons. The molecular formula is C21H25N5O2. The van der Waals surface area contributed by atoms with Crippen molar-refractivity contribution < 1.29 is 9.53 Å². The zero-order chi connectivity index (χ0) is 20.0. The largest absolute Gasteiger partial charge is 0.492 e. The highest BCUT2D eigenvalue weighted by atomic mass is 16.5. The van der Waals surface area contributed by atoms with E-state index in [1.807, 2.05) is 12.1 Å². The lowest BCUT2D eigenvalue weighted by Gasteiger charge is -2.19. The predicted molar refractivity (Wildman–Crippen MR) is 109 cm³/mol. The summed E-state index contributed by atoms with van der Waals surface area (Å²) in [6, 6.07) is 13.0. The molecule has 1 aromatic carbocycles. The number of carbonyl (C=O) groups is 1. The van der Waals surface area contributed by atoms with E-state index in [9.17, 15) is 4.79 Å². The van der Waals surface area contributed by atoms with E-state index in [2.05, 4.69) is 53.6 Å². The summed E-state index contributed by atoms with van der Waals surface area (Å²) in [4.78, 5) is 16.4. The van der Waals surface area contributed by atoms with E-state index in [1.54, 1.807) is 41.5 Å². The second-order valence-electron chi connectivity index (χ2n) is 7.33. The summed E-state index contributed by atoms with van der Waals surface area (Å²) in [7, 11) is 0. The molecule has 0 saturated heterocycles. The fourth-order valence-electron chi connectivity index (χ4n) is 2.62. The minimum atomic E-state index is -0.326. The van der Waals surface area contributed by atoms with Crippen LogP contribution in [0.1, 0.15) is 26.3 Å². The Labute approximate surface area is 164 Å². The van der Waals surface area contributed by atoms with Gasteiger partial charge in [0.25, 0.3) is 0 Å². The summed E-state index contributed by atoms with van der Waals surface area (Å²) in [5.74, 6) is 1.33. The number of anilines is 1. The zero-order valence-corrected chi connectivity index (χ0v) is 16.3. The van der Waals surface area contributed by atoms with E-state index in [0.717, 1.165) is 5.75 Å². The molecule has 0 unspecified atom stereocenters. The summed E-state index contributed by atoms with van der Waals surface area (Å²) in [6.45, 7) is 7.27. The zero-order valence-electron chi connectivity index (χ0n) is 16.3. The van der Waals surface area contributed by atoms with Crippen LogP contribution in [-0.2, 0) is 5.41 Å². The number of pyridine rings is 1. The van der Waals surface area contributed by atoms with Gasteiger partial charge >= 0.3 is 6.03 Å². The van der Waals surface area contributed by atoms with Crippen LogP contribution in [-0.4, -0.2) is 33.9 Å². The Morgan fingerprint density at radius 1 is 1.11 bits per heavy atom. The first-order valence-corrected chi connectivity index (χ1v) is 9.17. The number of benzene rings is 1. The Hall–Kier alpha value is -3.35. The van der Waals surface area contributed by atoms with Crippen molar-refractivity contribution in [2.24, 2.45) is 0 Å². The lowest BCUT2D eigenvalue weighted by atomic mass is 9.87. The van der Waals surface area contributed by atoms with E-state index >= 15 is 0 Å². The van der Waals surface area contributed by atoms with E-state index in [1.165, 1.54) is 5.56 Å². The van der Waals surface area contributed by atoms with Crippen molar-refractivity contribution in [2.45, 2.75) is 26.2 Å². The van der Waals surface area contributed by atoms with Gasteiger partial charge in [-0.2, -0.15) is 5.10 Å². The van der Waals surface area contributed by atoms with Crippen molar-refractivity contribution in [1.82, 2.24) is 20.1 Å². The van der Waals surface area contributed by atoms with Gasteiger partial charge in [0.2, 0.25) is 0 Å². The molecule has 0 spiro atoms. The van der Waals surface area contributed by atoms with Crippen LogP contribution in [0.4, 0.5) is 10.5 Å². The van der Waals surface area contributed by atoms with Crippen LogP contribution < -0.4 is 15.4 Å². The standard InChI is InChI=1S/C21H25N5O2/c1-21(2,3)16-7-9-17(10-8-16)28-15-13-23-20(27)25-18-6-4-11-22-19(18)26-14-5-12-24-26/h4-12,14H,13,15H2,1-3H3,(H2,23,25,27). The predicted octanol–water partition coefficient (Wildman–Crippen LogP) is 3.77. The number of amides is 2. The second kappa shape index (κ2) is 8.56. The van der Waals surface area contributed by atoms with Crippen molar-refractivity contribution in [3.63, 3.8) is 0 Å². The smallest absolute Gasteiger partial charge is 0.319 e. The van der Waals surface area contributed by atoms with Gasteiger partial charge in [-0.1, -0.05) is 32.9 Å². The van der Waals surface area contributed by atoms with Crippen LogP contribution in [0.15, 0.2) is 61.1 Å². The molecule has 0 fully saturated rings. The first-order valence-electron chi connectivity index (χ1n) is 9.17. The van der Waals surface area contributed by atoms with Crippen LogP contribution in [0.5, 0.6) is 5.75 Å². The normalized spacial score (nSPS) is 11.1. The first-order chi connectivity index (χ1) is 13.4. The van der Waals surface area contributed by atoms with Gasteiger partial charge < -0.3 is 15.4 Å². The van der Waals surface area contributed by atoms with E-state index in [4.69, 9.17) is 4.74 Å². The number of hydrogen-bond acceptors (Lipinski definition) is 4. The third-order valence-corrected chi connectivity index (χ3v) is 4.13. The van der Waals surface area contributed by atoms with Crippen molar-refractivity contribution >= 4 is 11.7 Å². The third-order valence-electron chi connectivity index (χ3n) is 4.13. The molecule has 0 atom stereocenters. The van der Waals surface area contributed by atoms with Gasteiger partial charge in [-0.25, -0.2) is 14.5 Å². The molecule has 0 saturated carbocycles. The number of urea groups is 1. The van der Waals surface area contributed by atoms with Crippen molar-refractivity contribution in [3.05, 3.63) is 66.6 Å². The fraction of sp³-hybridized carbons (Fsp3) is 0.286. The molecule has 3 rings (SSSR count). The Bertz CT molecular complexity index is 899. The van der Waals surface area contributed by atoms with Gasteiger partial charge in [-0.15, -0.1) is 0 Å². The number of ether oxygens (including phenoxy) is 1. The number of rotatable bonds is 6. The van der Waals surface area contributed by atoms with Crippen LogP contribution in [0, 0.1) is 0 Å². The molecule has 2 aromatic heterocycles. The molecule has 0 aliphatic heterocycles. The highest BCUT2D eigenvalue weighted by Crippen LogP contribution is 2.24. The van der Waals surface area contributed by atoms with E-state index in [-0.39, 0.29) is 11.4 Å². The molecule has 7 nitrogen and oxygen atoms in total. The molecule has 2 N–H and O–H groups in total. The Kier molecular flexibility index (Phi) is 5.93. The second-order valence-corrected chi connectivity index (χ2v) is 7.33. The average Bonchev–Trinajstić information content (AvgIpc) is 3.20.